The van der Waals surface area contributed by atoms with Crippen molar-refractivity contribution in [2.75, 3.05) is 16.2 Å². The Morgan fingerprint density at radius 3 is 2.40 bits per heavy atom. The fourth-order valence-corrected chi connectivity index (χ4v) is 4.53. The number of nitrogens with zero attached hydrogens (tertiary/aromatic N) is 1. The summed E-state index contributed by atoms with van der Waals surface area (Å²) in [6.07, 6.45) is 0.568. The number of carboxylic acid groups (broad SMARTS) is 1. The van der Waals surface area contributed by atoms with E-state index < -0.39 is 28.4 Å². The molecule has 2 aromatic rings. The molecule has 1 aliphatic heterocycles. The van der Waals surface area contributed by atoms with Crippen molar-refractivity contribution in [1.29, 1.82) is 0 Å². The summed E-state index contributed by atoms with van der Waals surface area (Å²) in [6.45, 7) is 2.87. The van der Waals surface area contributed by atoms with Crippen molar-refractivity contribution < 1.29 is 27.9 Å². The zero-order valence-electron chi connectivity index (χ0n) is 16.4. The molecule has 9 nitrogen and oxygen atoms in total. The van der Waals surface area contributed by atoms with Gasteiger partial charge in [0.1, 0.15) is 6.54 Å². The smallest absolute Gasteiger partial charge is 0.322 e. The fourth-order valence-electron chi connectivity index (χ4n) is 3.42. The number of fused-ring (bicyclic) bond motifs is 1. The van der Waals surface area contributed by atoms with E-state index in [9.17, 15) is 22.8 Å². The summed E-state index contributed by atoms with van der Waals surface area (Å²) < 4.78 is 28.0. The van der Waals surface area contributed by atoms with Gasteiger partial charge in [-0.3, -0.25) is 19.1 Å². The van der Waals surface area contributed by atoms with Gasteiger partial charge in [-0.2, -0.15) is 0 Å². The lowest BCUT2D eigenvalue weighted by atomic mass is 10.1. The lowest BCUT2D eigenvalue weighted by Gasteiger charge is -2.20. The van der Waals surface area contributed by atoms with E-state index in [0.717, 1.165) is 5.56 Å². The number of amides is 2. The maximum Gasteiger partial charge on any atom is 0.322 e. The molecule has 0 aliphatic carbocycles. The van der Waals surface area contributed by atoms with Crippen LogP contribution in [0.1, 0.15) is 29.8 Å². The number of carbonyl (C=O) groups excluding carboxylic acids is 2. The fraction of sp³-hybridized carbons (Fsp3) is 0.250. The number of carboxylic acids is 1. The van der Waals surface area contributed by atoms with Crippen molar-refractivity contribution in [2.45, 2.75) is 31.2 Å². The zero-order chi connectivity index (χ0) is 22.1. The second kappa shape index (κ2) is 8.15. The molecular weight excluding hydrogens is 410 g/mol. The molecule has 10 heteroatoms. The maximum atomic E-state index is 12.8. The molecule has 0 saturated carbocycles. The van der Waals surface area contributed by atoms with Crippen LogP contribution in [0.3, 0.4) is 0 Å². The third kappa shape index (κ3) is 4.43. The van der Waals surface area contributed by atoms with Crippen molar-refractivity contribution in [1.82, 2.24) is 5.32 Å². The monoisotopic (exact) mass is 431 g/mol. The molecule has 3 N–H and O–H groups in total. The van der Waals surface area contributed by atoms with Crippen molar-refractivity contribution in [3.63, 3.8) is 0 Å². The summed E-state index contributed by atoms with van der Waals surface area (Å²) in [4.78, 5) is 35.9. The summed E-state index contributed by atoms with van der Waals surface area (Å²) in [5, 5.41) is 10.8. The van der Waals surface area contributed by atoms with E-state index in [1.807, 2.05) is 6.92 Å². The van der Waals surface area contributed by atoms with Crippen LogP contribution in [0.25, 0.3) is 0 Å². The van der Waals surface area contributed by atoms with Crippen LogP contribution in [0, 0.1) is 0 Å². The van der Waals surface area contributed by atoms with Crippen LogP contribution in [-0.4, -0.2) is 43.9 Å². The van der Waals surface area contributed by atoms with Crippen LogP contribution in [0.4, 0.5) is 11.4 Å². The molecule has 0 bridgehead atoms. The van der Waals surface area contributed by atoms with Crippen molar-refractivity contribution in [3.05, 3.63) is 53.6 Å². The Balaban J connectivity index is 1.76. The predicted molar refractivity (Wildman–Crippen MR) is 110 cm³/mol. The number of anilines is 2. The van der Waals surface area contributed by atoms with Gasteiger partial charge in [0.25, 0.3) is 15.9 Å². The molecule has 0 spiro atoms. The van der Waals surface area contributed by atoms with Crippen molar-refractivity contribution >= 4 is 39.2 Å². The number of aliphatic carboxylic acids is 1. The molecule has 0 radical (unpaired) electrons. The topological polar surface area (TPSA) is 133 Å². The van der Waals surface area contributed by atoms with Crippen LogP contribution in [0.15, 0.2) is 47.4 Å². The van der Waals surface area contributed by atoms with Crippen LogP contribution in [-0.2, 0) is 26.0 Å². The Kier molecular flexibility index (Phi) is 5.79. The van der Waals surface area contributed by atoms with E-state index in [0.29, 0.717) is 12.1 Å². The van der Waals surface area contributed by atoms with E-state index in [2.05, 4.69) is 10.0 Å². The van der Waals surface area contributed by atoms with Crippen LogP contribution >= 0.6 is 0 Å². The SMILES string of the molecule is CC(=O)N1c2ccc(S(=O)(=O)Nc3ccc(C(=O)NCC(=O)O)cc3)cc2CC1C. The molecule has 2 amide bonds. The lowest BCUT2D eigenvalue weighted by Crippen LogP contribution is -2.33. The number of nitrogens with one attached hydrogen (secondary N) is 2. The van der Waals surface area contributed by atoms with Crippen LogP contribution < -0.4 is 14.9 Å². The lowest BCUT2D eigenvalue weighted by molar-refractivity contribution is -0.135. The highest BCUT2D eigenvalue weighted by molar-refractivity contribution is 7.92. The van der Waals surface area contributed by atoms with Crippen molar-refractivity contribution in [2.24, 2.45) is 0 Å². The van der Waals surface area contributed by atoms with E-state index >= 15 is 0 Å². The number of rotatable bonds is 6. The second-order valence-electron chi connectivity index (χ2n) is 6.99. The molecule has 3 rings (SSSR count). The molecule has 1 heterocycles. The van der Waals surface area contributed by atoms with Crippen LogP contribution in [0.2, 0.25) is 0 Å². The Morgan fingerprint density at radius 1 is 1.13 bits per heavy atom. The number of hydrogen-bond acceptors (Lipinski definition) is 5. The van der Waals surface area contributed by atoms with E-state index in [1.54, 1.807) is 17.0 Å². The van der Waals surface area contributed by atoms with Gasteiger partial charge in [-0.15, -0.1) is 0 Å². The predicted octanol–water partition coefficient (Wildman–Crippen LogP) is 1.60. The van der Waals surface area contributed by atoms with Crippen LogP contribution in [0.5, 0.6) is 0 Å². The molecule has 1 atom stereocenters. The second-order valence-corrected chi connectivity index (χ2v) is 8.67. The van der Waals surface area contributed by atoms with Gasteiger partial charge >= 0.3 is 5.97 Å². The van der Waals surface area contributed by atoms with E-state index in [-0.39, 0.29) is 28.1 Å². The molecular formula is C20H21N3O6S. The quantitative estimate of drug-likeness (QED) is 0.636. The molecule has 1 unspecified atom stereocenters. The summed E-state index contributed by atoms with van der Waals surface area (Å²) in [5.41, 5.74) is 1.95. The first-order valence-electron chi connectivity index (χ1n) is 9.14. The summed E-state index contributed by atoms with van der Waals surface area (Å²) in [5.74, 6) is -1.83. The normalized spacial score (nSPS) is 15.4. The highest BCUT2D eigenvalue weighted by atomic mass is 32.2. The third-order valence-electron chi connectivity index (χ3n) is 4.72. The minimum Gasteiger partial charge on any atom is -0.480 e. The average Bonchev–Trinajstić information content (AvgIpc) is 3.01. The Bertz CT molecular complexity index is 1110. The van der Waals surface area contributed by atoms with E-state index in [4.69, 9.17) is 5.11 Å². The average molecular weight is 431 g/mol. The minimum atomic E-state index is -3.88. The number of benzene rings is 2. The van der Waals surface area contributed by atoms with Gasteiger partial charge in [-0.1, -0.05) is 0 Å². The number of hydrogen-bond donors (Lipinski definition) is 3. The number of sulfonamides is 1. The molecule has 30 heavy (non-hydrogen) atoms. The molecule has 0 aromatic heterocycles. The largest absolute Gasteiger partial charge is 0.480 e. The van der Waals surface area contributed by atoms with Gasteiger partial charge in [0.05, 0.1) is 4.90 Å². The first-order valence-corrected chi connectivity index (χ1v) is 10.6. The standard InChI is InChI=1S/C20H21N3O6S/c1-12-9-15-10-17(7-8-18(15)23(12)13(2)24)30(28,29)22-16-5-3-14(4-6-16)20(27)21-11-19(25)26/h3-8,10,12,22H,9,11H2,1-2H3,(H,21,27)(H,25,26). The maximum absolute atomic E-state index is 12.8. The first kappa shape index (κ1) is 21.3. The van der Waals surface area contributed by atoms with Crippen molar-refractivity contribution in [3.8, 4) is 0 Å². The molecule has 2 aromatic carbocycles. The summed E-state index contributed by atoms with van der Waals surface area (Å²) >= 11 is 0. The van der Waals surface area contributed by atoms with Gasteiger partial charge in [-0.05, 0) is 61.4 Å². The van der Waals surface area contributed by atoms with Gasteiger partial charge in [-0.25, -0.2) is 8.42 Å². The molecule has 0 fully saturated rings. The Labute approximate surface area is 173 Å². The van der Waals surface area contributed by atoms with Gasteiger partial charge in [0, 0.05) is 29.9 Å². The zero-order valence-corrected chi connectivity index (χ0v) is 17.2. The molecule has 1 aliphatic rings. The Hall–Kier alpha value is -3.40. The molecule has 0 saturated heterocycles. The Morgan fingerprint density at radius 2 is 1.80 bits per heavy atom. The summed E-state index contributed by atoms with van der Waals surface area (Å²) in [6, 6.07) is 10.2. The van der Waals surface area contributed by atoms with Gasteiger partial charge in [0.15, 0.2) is 0 Å². The third-order valence-corrected chi connectivity index (χ3v) is 6.09. The van der Waals surface area contributed by atoms with Gasteiger partial charge < -0.3 is 15.3 Å². The number of carbonyl (C=O) groups is 3. The highest BCUT2D eigenvalue weighted by Gasteiger charge is 2.30. The summed E-state index contributed by atoms with van der Waals surface area (Å²) in [7, 11) is -3.88. The highest BCUT2D eigenvalue weighted by Crippen LogP contribution is 2.34. The molecule has 158 valence electrons. The van der Waals surface area contributed by atoms with Gasteiger partial charge in [0.2, 0.25) is 5.91 Å². The minimum absolute atomic E-state index is 0.0387. The first-order chi connectivity index (χ1) is 14.1. The van der Waals surface area contributed by atoms with E-state index in [1.165, 1.54) is 37.3 Å².